The van der Waals surface area contributed by atoms with Crippen LogP contribution >= 0.6 is 0 Å². The number of benzene rings is 1. The topological polar surface area (TPSA) is 144 Å². The Labute approximate surface area is 221 Å². The van der Waals surface area contributed by atoms with Crippen molar-refractivity contribution >= 4 is 24.1 Å². The number of phenolic OH excluding ortho intramolecular Hbond substituents is 1. The lowest BCUT2D eigenvalue weighted by molar-refractivity contribution is -0.127. The molecule has 5 atom stereocenters. The van der Waals surface area contributed by atoms with E-state index in [1.807, 2.05) is 20.8 Å². The van der Waals surface area contributed by atoms with Gasteiger partial charge in [-0.3, -0.25) is 9.59 Å². The number of carbonyl (C=O) groups excluding carboxylic acids is 3. The molecule has 0 saturated heterocycles. The molecule has 1 aliphatic heterocycles. The Kier molecular flexibility index (Phi) is 17.0. The first kappa shape index (κ1) is 34.2. The summed E-state index contributed by atoms with van der Waals surface area (Å²) in [5.41, 5.74) is 1.44. The molecule has 0 unspecified atom stereocenters. The minimum absolute atomic E-state index is 0.0338. The van der Waals surface area contributed by atoms with E-state index in [1.165, 1.54) is 12.1 Å². The number of phenols is 1. The van der Waals surface area contributed by atoms with Crippen molar-refractivity contribution < 1.29 is 34.8 Å². The Morgan fingerprint density at radius 3 is 2.24 bits per heavy atom. The van der Waals surface area contributed by atoms with Gasteiger partial charge in [0.25, 0.3) is 5.91 Å². The fourth-order valence-corrected chi connectivity index (χ4v) is 2.82. The van der Waals surface area contributed by atoms with E-state index in [0.717, 1.165) is 24.7 Å². The van der Waals surface area contributed by atoms with E-state index in [2.05, 4.69) is 12.2 Å². The van der Waals surface area contributed by atoms with Crippen LogP contribution in [-0.2, 0) is 9.59 Å². The standard InChI is InChI=1S/C19H23NO5.C5H12O.C5H10O/c1-11-6-7-15(22)18(24)14(21)5-3-4-13-8-12(2)9-16(23)17(13)19(25)20-10-11;2*1-3-5(2)4-6/h3-4,6-9,11,14,18,21,23-24H,5,10H2,1-2H3,(H,20,25);5-6H,3-4H2,1-2H3;4-5H,3H2,1-2H3/b4-3+,7-6-;;/t11-,14+,18+;2*5-/m100/s1. The van der Waals surface area contributed by atoms with E-state index in [1.54, 1.807) is 38.1 Å². The lowest BCUT2D eigenvalue weighted by Gasteiger charge is -2.16. The number of aromatic hydroxyl groups is 1. The van der Waals surface area contributed by atoms with Crippen LogP contribution in [0.2, 0.25) is 0 Å². The highest BCUT2D eigenvalue weighted by atomic mass is 16.3. The number of hydrogen-bond acceptors (Lipinski definition) is 7. The van der Waals surface area contributed by atoms with Crippen molar-refractivity contribution in [1.82, 2.24) is 5.32 Å². The van der Waals surface area contributed by atoms with Gasteiger partial charge in [-0.15, -0.1) is 0 Å². The first-order valence-corrected chi connectivity index (χ1v) is 12.8. The molecule has 0 fully saturated rings. The zero-order valence-electron chi connectivity index (χ0n) is 23.0. The lowest BCUT2D eigenvalue weighted by atomic mass is 9.99. The normalized spacial score (nSPS) is 23.3. The second-order valence-electron chi connectivity index (χ2n) is 9.56. The molecule has 0 bridgehead atoms. The molecule has 0 saturated carbocycles. The zero-order chi connectivity index (χ0) is 28.5. The number of ketones is 1. The summed E-state index contributed by atoms with van der Waals surface area (Å²) in [5, 5.41) is 41.1. The number of carbonyl (C=O) groups is 3. The largest absolute Gasteiger partial charge is 0.507 e. The van der Waals surface area contributed by atoms with Gasteiger partial charge in [0.1, 0.15) is 18.1 Å². The quantitative estimate of drug-likeness (QED) is 0.382. The summed E-state index contributed by atoms with van der Waals surface area (Å²) in [6.45, 7) is 12.2. The average Bonchev–Trinajstić information content (AvgIpc) is 2.88. The third-order valence-electron chi connectivity index (χ3n) is 5.91. The summed E-state index contributed by atoms with van der Waals surface area (Å²) >= 11 is 0. The highest BCUT2D eigenvalue weighted by molar-refractivity contribution is 6.00. The molecule has 1 heterocycles. The van der Waals surface area contributed by atoms with Crippen LogP contribution in [0.4, 0.5) is 0 Å². The van der Waals surface area contributed by atoms with Crippen LogP contribution in [0.3, 0.4) is 0 Å². The average molecular weight is 520 g/mol. The molecular formula is C29H45NO7. The number of aliphatic hydroxyl groups is 3. The summed E-state index contributed by atoms with van der Waals surface area (Å²) in [7, 11) is 0. The summed E-state index contributed by atoms with van der Waals surface area (Å²) in [5.74, 6) is -0.531. The lowest BCUT2D eigenvalue weighted by Crippen LogP contribution is -2.33. The van der Waals surface area contributed by atoms with E-state index >= 15 is 0 Å². The molecule has 208 valence electrons. The predicted molar refractivity (Wildman–Crippen MR) is 146 cm³/mol. The van der Waals surface area contributed by atoms with Crippen molar-refractivity contribution in [2.24, 2.45) is 17.8 Å². The third kappa shape index (κ3) is 13.3. The van der Waals surface area contributed by atoms with E-state index < -0.39 is 23.9 Å². The van der Waals surface area contributed by atoms with Gasteiger partial charge in [0.2, 0.25) is 0 Å². The molecule has 1 amide bonds. The van der Waals surface area contributed by atoms with Gasteiger partial charge in [0.05, 0.1) is 11.7 Å². The van der Waals surface area contributed by atoms with Crippen molar-refractivity contribution in [2.75, 3.05) is 13.2 Å². The molecule has 1 aromatic rings. The van der Waals surface area contributed by atoms with Gasteiger partial charge in [0.15, 0.2) is 5.78 Å². The molecule has 2 rings (SSSR count). The molecular weight excluding hydrogens is 474 g/mol. The smallest absolute Gasteiger partial charge is 0.255 e. The van der Waals surface area contributed by atoms with E-state index in [9.17, 15) is 29.7 Å². The van der Waals surface area contributed by atoms with Gasteiger partial charge in [-0.25, -0.2) is 0 Å². The fraction of sp³-hybridized carbons (Fsp3) is 0.552. The molecule has 8 nitrogen and oxygen atoms in total. The highest BCUT2D eigenvalue weighted by Crippen LogP contribution is 2.25. The first-order valence-electron chi connectivity index (χ1n) is 12.8. The van der Waals surface area contributed by atoms with E-state index in [0.29, 0.717) is 18.1 Å². The second kappa shape index (κ2) is 18.4. The number of aryl methyl sites for hydroxylation is 1. The number of aldehydes is 1. The minimum atomic E-state index is -1.50. The Bertz CT molecular complexity index is 906. The van der Waals surface area contributed by atoms with Gasteiger partial charge >= 0.3 is 0 Å². The first-order chi connectivity index (χ1) is 17.4. The van der Waals surface area contributed by atoms with Crippen LogP contribution in [0, 0.1) is 24.7 Å². The predicted octanol–water partition coefficient (Wildman–Crippen LogP) is 3.59. The summed E-state index contributed by atoms with van der Waals surface area (Å²) in [4.78, 5) is 34.0. The van der Waals surface area contributed by atoms with Crippen molar-refractivity contribution in [1.29, 1.82) is 0 Å². The molecule has 1 aromatic carbocycles. The van der Waals surface area contributed by atoms with E-state index in [4.69, 9.17) is 5.11 Å². The Hall–Kier alpha value is -2.81. The van der Waals surface area contributed by atoms with Crippen LogP contribution in [0.15, 0.2) is 30.4 Å². The maximum absolute atomic E-state index is 12.4. The fourth-order valence-electron chi connectivity index (χ4n) is 2.82. The van der Waals surface area contributed by atoms with Crippen molar-refractivity contribution in [3.05, 3.63) is 47.1 Å². The summed E-state index contributed by atoms with van der Waals surface area (Å²) in [6.07, 6.45) is 6.23. The second-order valence-corrected chi connectivity index (χ2v) is 9.56. The summed E-state index contributed by atoms with van der Waals surface area (Å²) in [6, 6.07) is 3.25. The van der Waals surface area contributed by atoms with Crippen molar-refractivity contribution in [3.8, 4) is 5.75 Å². The monoisotopic (exact) mass is 519 g/mol. The van der Waals surface area contributed by atoms with Gasteiger partial charge in [0, 0.05) is 19.1 Å². The number of rotatable bonds is 4. The Balaban J connectivity index is 0.000000896. The van der Waals surface area contributed by atoms with Crippen LogP contribution in [0.25, 0.3) is 6.08 Å². The van der Waals surface area contributed by atoms with Gasteiger partial charge < -0.3 is 30.5 Å². The van der Waals surface area contributed by atoms with Crippen LogP contribution in [0.1, 0.15) is 75.4 Å². The van der Waals surface area contributed by atoms with Gasteiger partial charge in [-0.1, -0.05) is 65.3 Å². The zero-order valence-corrected chi connectivity index (χ0v) is 23.0. The number of hydrogen-bond donors (Lipinski definition) is 5. The number of fused-ring (bicyclic) bond motifs is 1. The van der Waals surface area contributed by atoms with Crippen molar-refractivity contribution in [2.45, 2.75) is 73.0 Å². The molecule has 8 heteroatoms. The molecule has 5 N–H and O–H groups in total. The number of aliphatic hydroxyl groups excluding tert-OH is 3. The molecule has 1 aliphatic rings. The Morgan fingerprint density at radius 1 is 1.11 bits per heavy atom. The van der Waals surface area contributed by atoms with Crippen LogP contribution in [0.5, 0.6) is 5.75 Å². The maximum atomic E-state index is 12.4. The number of nitrogens with one attached hydrogen (secondary N) is 1. The Morgan fingerprint density at radius 2 is 1.76 bits per heavy atom. The van der Waals surface area contributed by atoms with Gasteiger partial charge in [-0.05, 0) is 54.9 Å². The third-order valence-corrected chi connectivity index (χ3v) is 5.91. The molecule has 0 radical (unpaired) electrons. The van der Waals surface area contributed by atoms with Crippen molar-refractivity contribution in [3.63, 3.8) is 0 Å². The van der Waals surface area contributed by atoms with Crippen LogP contribution < -0.4 is 5.32 Å². The SMILES string of the molecule is CC[C@H](C)C=O.CC[C@H](C)CO.Cc1cc(O)c2c(c1)/C=C/C[C@H](O)[C@H](O)C(=O)/C=C\[C@@H](C)CNC2=O. The molecule has 0 aliphatic carbocycles. The molecule has 37 heavy (non-hydrogen) atoms. The van der Waals surface area contributed by atoms with E-state index in [-0.39, 0.29) is 36.1 Å². The number of amides is 1. The molecule has 0 aromatic heterocycles. The molecule has 0 spiro atoms. The maximum Gasteiger partial charge on any atom is 0.255 e. The minimum Gasteiger partial charge on any atom is -0.507 e. The summed E-state index contributed by atoms with van der Waals surface area (Å²) < 4.78 is 0. The van der Waals surface area contributed by atoms with Crippen LogP contribution in [-0.4, -0.2) is 63.8 Å². The van der Waals surface area contributed by atoms with Gasteiger partial charge in [-0.2, -0.15) is 0 Å². The highest BCUT2D eigenvalue weighted by Gasteiger charge is 2.22.